The smallest absolute Gasteiger partial charge is 0.120 e. The number of aliphatic hydroxyl groups is 2. The summed E-state index contributed by atoms with van der Waals surface area (Å²) in [5.41, 5.74) is 5.33. The second kappa shape index (κ2) is 9.25. The zero-order valence-electron chi connectivity index (χ0n) is 17.4. The molecule has 3 aromatic carbocycles. The third-order valence-electron chi connectivity index (χ3n) is 5.61. The summed E-state index contributed by atoms with van der Waals surface area (Å²) in [4.78, 5) is 0. The van der Waals surface area contributed by atoms with Crippen molar-refractivity contribution < 1.29 is 14.9 Å². The lowest BCUT2D eigenvalue weighted by molar-refractivity contribution is 0.0284. The van der Waals surface area contributed by atoms with Gasteiger partial charge in [-0.05, 0) is 77.4 Å². The van der Waals surface area contributed by atoms with Gasteiger partial charge in [0.1, 0.15) is 12.4 Å². The SMILES string of the molecule is CCC(O)(CC)c1ccc(-c2cc(OCc3cc[c]c(CO)c3)ccc2C)cc1. The largest absolute Gasteiger partial charge is 0.489 e. The van der Waals surface area contributed by atoms with E-state index in [1.54, 1.807) is 6.07 Å². The molecule has 0 fully saturated rings. The van der Waals surface area contributed by atoms with Crippen molar-refractivity contribution in [2.24, 2.45) is 0 Å². The predicted octanol–water partition coefficient (Wildman–Crippen LogP) is 5.54. The highest BCUT2D eigenvalue weighted by Gasteiger charge is 2.24. The first kappa shape index (κ1) is 21.1. The highest BCUT2D eigenvalue weighted by Crippen LogP contribution is 2.32. The first-order valence-electron chi connectivity index (χ1n) is 10.2. The lowest BCUT2D eigenvalue weighted by Crippen LogP contribution is -2.23. The number of hydrogen-bond acceptors (Lipinski definition) is 3. The number of benzene rings is 3. The maximum Gasteiger partial charge on any atom is 0.120 e. The Morgan fingerprint density at radius 1 is 0.966 bits per heavy atom. The lowest BCUT2D eigenvalue weighted by Gasteiger charge is -2.26. The summed E-state index contributed by atoms with van der Waals surface area (Å²) >= 11 is 0. The Labute approximate surface area is 173 Å². The molecule has 0 saturated carbocycles. The van der Waals surface area contributed by atoms with Crippen LogP contribution < -0.4 is 4.74 Å². The second-order valence-electron chi connectivity index (χ2n) is 7.46. The first-order chi connectivity index (χ1) is 14.0. The first-order valence-corrected chi connectivity index (χ1v) is 10.2. The van der Waals surface area contributed by atoms with E-state index in [9.17, 15) is 10.2 Å². The molecule has 0 aliphatic rings. The highest BCUT2D eigenvalue weighted by atomic mass is 16.5. The average Bonchev–Trinajstić information content (AvgIpc) is 2.78. The van der Waals surface area contributed by atoms with Crippen molar-refractivity contribution in [3.05, 3.63) is 89.0 Å². The number of hydrogen-bond donors (Lipinski definition) is 2. The Morgan fingerprint density at radius 2 is 1.69 bits per heavy atom. The molecule has 3 nitrogen and oxygen atoms in total. The van der Waals surface area contributed by atoms with Crippen LogP contribution >= 0.6 is 0 Å². The minimum Gasteiger partial charge on any atom is -0.489 e. The lowest BCUT2D eigenvalue weighted by atomic mass is 9.87. The molecule has 0 spiro atoms. The van der Waals surface area contributed by atoms with Crippen molar-refractivity contribution in [3.63, 3.8) is 0 Å². The van der Waals surface area contributed by atoms with Crippen LogP contribution in [0, 0.1) is 13.0 Å². The van der Waals surface area contributed by atoms with E-state index in [0.717, 1.165) is 33.6 Å². The van der Waals surface area contributed by atoms with Crippen molar-refractivity contribution in [2.45, 2.75) is 52.4 Å². The van der Waals surface area contributed by atoms with E-state index < -0.39 is 5.60 Å². The minimum absolute atomic E-state index is 0.0241. The van der Waals surface area contributed by atoms with Gasteiger partial charge in [-0.1, -0.05) is 56.3 Å². The number of rotatable bonds is 8. The molecule has 151 valence electrons. The number of aliphatic hydroxyl groups excluding tert-OH is 1. The standard InChI is InChI=1S/C26H29O3/c1-4-26(28,5-2)23-12-10-22(11-13-23)25-16-24(14-9-19(25)3)29-18-21-8-6-7-20(15-21)17-27/h6,8-16,27-28H,4-5,17-18H2,1-3H3. The van der Waals surface area contributed by atoms with Crippen molar-refractivity contribution in [1.29, 1.82) is 0 Å². The minimum atomic E-state index is -0.765. The Hall–Kier alpha value is -2.62. The van der Waals surface area contributed by atoms with E-state index in [4.69, 9.17) is 4.74 Å². The summed E-state index contributed by atoms with van der Waals surface area (Å²) in [5, 5.41) is 20.0. The molecule has 0 saturated heterocycles. The summed E-state index contributed by atoms with van der Waals surface area (Å²) in [6, 6.07) is 22.9. The van der Waals surface area contributed by atoms with Crippen molar-refractivity contribution in [2.75, 3.05) is 0 Å². The molecule has 0 aliphatic carbocycles. The van der Waals surface area contributed by atoms with E-state index in [1.807, 2.05) is 44.2 Å². The van der Waals surface area contributed by atoms with Crippen molar-refractivity contribution in [3.8, 4) is 16.9 Å². The molecule has 0 unspecified atom stereocenters. The summed E-state index contributed by atoms with van der Waals surface area (Å²) < 4.78 is 5.99. The number of ether oxygens (including phenoxy) is 1. The number of aryl methyl sites for hydroxylation is 1. The van der Waals surface area contributed by atoms with E-state index in [0.29, 0.717) is 19.4 Å². The molecule has 2 N–H and O–H groups in total. The van der Waals surface area contributed by atoms with E-state index in [-0.39, 0.29) is 6.61 Å². The summed E-state index contributed by atoms with van der Waals surface area (Å²) in [7, 11) is 0. The second-order valence-corrected chi connectivity index (χ2v) is 7.46. The van der Waals surface area contributed by atoms with Gasteiger partial charge in [-0.25, -0.2) is 0 Å². The van der Waals surface area contributed by atoms with Gasteiger partial charge in [-0.2, -0.15) is 0 Å². The molecule has 1 radical (unpaired) electrons. The van der Waals surface area contributed by atoms with Crippen LogP contribution in [0.15, 0.2) is 60.7 Å². The molecule has 29 heavy (non-hydrogen) atoms. The van der Waals surface area contributed by atoms with Crippen LogP contribution in [0.3, 0.4) is 0 Å². The van der Waals surface area contributed by atoms with Gasteiger partial charge in [0.05, 0.1) is 12.2 Å². The van der Waals surface area contributed by atoms with Crippen molar-refractivity contribution in [1.82, 2.24) is 0 Å². The van der Waals surface area contributed by atoms with Gasteiger partial charge in [0.25, 0.3) is 0 Å². The van der Waals surface area contributed by atoms with Gasteiger partial charge < -0.3 is 14.9 Å². The summed E-state index contributed by atoms with van der Waals surface area (Å²) in [6.45, 7) is 6.52. The monoisotopic (exact) mass is 389 g/mol. The molecule has 3 rings (SSSR count). The van der Waals surface area contributed by atoms with Gasteiger partial charge >= 0.3 is 0 Å². The normalized spacial score (nSPS) is 11.5. The fourth-order valence-corrected chi connectivity index (χ4v) is 3.54. The van der Waals surface area contributed by atoms with Gasteiger partial charge in [0.2, 0.25) is 0 Å². The molecule has 3 heteroatoms. The van der Waals surface area contributed by atoms with Crippen LogP contribution in [-0.4, -0.2) is 10.2 Å². The van der Waals surface area contributed by atoms with E-state index in [1.165, 1.54) is 5.56 Å². The van der Waals surface area contributed by atoms with E-state index >= 15 is 0 Å². The van der Waals surface area contributed by atoms with Gasteiger partial charge in [0, 0.05) is 0 Å². The Balaban J connectivity index is 1.80. The van der Waals surface area contributed by atoms with Crippen LogP contribution in [0.5, 0.6) is 5.75 Å². The topological polar surface area (TPSA) is 49.7 Å². The maximum atomic E-state index is 10.7. The molecule has 3 aromatic rings. The van der Waals surface area contributed by atoms with Crippen LogP contribution in [0.1, 0.15) is 48.9 Å². The molecule has 0 aliphatic heterocycles. The zero-order valence-corrected chi connectivity index (χ0v) is 17.4. The third kappa shape index (κ3) is 4.87. The molecule has 0 amide bonds. The zero-order chi connectivity index (χ0) is 20.9. The van der Waals surface area contributed by atoms with Crippen LogP contribution in [0.4, 0.5) is 0 Å². The molecule has 0 atom stereocenters. The average molecular weight is 390 g/mol. The Morgan fingerprint density at radius 3 is 2.34 bits per heavy atom. The fourth-order valence-electron chi connectivity index (χ4n) is 3.54. The van der Waals surface area contributed by atoms with Gasteiger partial charge in [0.15, 0.2) is 0 Å². The Bertz CT molecular complexity index is 940. The van der Waals surface area contributed by atoms with Crippen LogP contribution in [-0.2, 0) is 18.8 Å². The summed E-state index contributed by atoms with van der Waals surface area (Å²) in [5.74, 6) is 0.798. The molecule has 0 bridgehead atoms. The fraction of sp³-hybridized carbons (Fsp3) is 0.308. The van der Waals surface area contributed by atoms with Crippen molar-refractivity contribution >= 4 is 0 Å². The van der Waals surface area contributed by atoms with Crippen LogP contribution in [0.2, 0.25) is 0 Å². The van der Waals surface area contributed by atoms with Gasteiger partial charge in [-0.3, -0.25) is 0 Å². The third-order valence-corrected chi connectivity index (χ3v) is 5.61. The molecular weight excluding hydrogens is 360 g/mol. The predicted molar refractivity (Wildman–Crippen MR) is 117 cm³/mol. The molecular formula is C26H29O3. The summed E-state index contributed by atoms with van der Waals surface area (Å²) in [6.07, 6.45) is 1.39. The van der Waals surface area contributed by atoms with E-state index in [2.05, 4.69) is 37.3 Å². The molecule has 0 aromatic heterocycles. The quantitative estimate of drug-likeness (QED) is 0.532. The molecule has 0 heterocycles. The van der Waals surface area contributed by atoms with Gasteiger partial charge in [-0.15, -0.1) is 0 Å². The Kier molecular flexibility index (Phi) is 6.73. The highest BCUT2D eigenvalue weighted by molar-refractivity contribution is 5.69. The van der Waals surface area contributed by atoms with Crippen LogP contribution in [0.25, 0.3) is 11.1 Å². The maximum absolute atomic E-state index is 10.7.